The number of carbonyl (C=O) groups is 1. The smallest absolute Gasteiger partial charge is 0.269 e. The maximum atomic E-state index is 12.7. The van der Waals surface area contributed by atoms with Crippen molar-refractivity contribution >= 4 is 11.6 Å². The molecular weight excluding hydrogens is 330 g/mol. The SMILES string of the molecule is C[C@@H]1Oc2ccccc2O[C@@H]1C(=O)Nc1cccc(COCC2CC2)c1. The molecule has 4 rings (SSSR count). The van der Waals surface area contributed by atoms with Crippen molar-refractivity contribution in [1.82, 2.24) is 0 Å². The average Bonchev–Trinajstić information content (AvgIpc) is 3.46. The lowest BCUT2D eigenvalue weighted by Crippen LogP contribution is -2.46. The lowest BCUT2D eigenvalue weighted by atomic mass is 10.1. The number of nitrogens with one attached hydrogen (secondary N) is 1. The second kappa shape index (κ2) is 7.38. The Bertz CT molecular complexity index is 787. The first-order chi connectivity index (χ1) is 12.7. The van der Waals surface area contributed by atoms with Crippen LogP contribution in [0, 0.1) is 5.92 Å². The predicted octanol–water partition coefficient (Wildman–Crippen LogP) is 3.78. The highest BCUT2D eigenvalue weighted by Gasteiger charge is 2.34. The first kappa shape index (κ1) is 16.9. The molecule has 5 heteroatoms. The summed E-state index contributed by atoms with van der Waals surface area (Å²) in [5.74, 6) is 1.78. The Kier molecular flexibility index (Phi) is 4.80. The molecule has 5 nitrogen and oxygen atoms in total. The van der Waals surface area contributed by atoms with Crippen molar-refractivity contribution in [2.45, 2.75) is 38.6 Å². The third-order valence-corrected chi connectivity index (χ3v) is 4.61. The molecule has 2 atom stereocenters. The van der Waals surface area contributed by atoms with Crippen LogP contribution in [0.4, 0.5) is 5.69 Å². The Morgan fingerprint density at radius 3 is 2.65 bits per heavy atom. The lowest BCUT2D eigenvalue weighted by molar-refractivity contribution is -0.128. The molecule has 1 aliphatic heterocycles. The Labute approximate surface area is 153 Å². The summed E-state index contributed by atoms with van der Waals surface area (Å²) in [6.45, 7) is 3.22. The number of para-hydroxylation sites is 2. The van der Waals surface area contributed by atoms with Crippen LogP contribution < -0.4 is 14.8 Å². The van der Waals surface area contributed by atoms with Gasteiger partial charge < -0.3 is 19.5 Å². The predicted molar refractivity (Wildman–Crippen MR) is 98.4 cm³/mol. The second-order valence-electron chi connectivity index (χ2n) is 6.96. The zero-order valence-electron chi connectivity index (χ0n) is 14.8. The van der Waals surface area contributed by atoms with Gasteiger partial charge in [-0.2, -0.15) is 0 Å². The summed E-state index contributed by atoms with van der Waals surface area (Å²) in [4.78, 5) is 12.7. The van der Waals surface area contributed by atoms with Gasteiger partial charge in [0.05, 0.1) is 6.61 Å². The number of fused-ring (bicyclic) bond motifs is 1. The summed E-state index contributed by atoms with van der Waals surface area (Å²) in [5, 5.41) is 2.93. The molecular formula is C21H23NO4. The van der Waals surface area contributed by atoms with Crippen molar-refractivity contribution in [3.8, 4) is 11.5 Å². The fourth-order valence-electron chi connectivity index (χ4n) is 2.99. The average molecular weight is 353 g/mol. The first-order valence-corrected chi connectivity index (χ1v) is 9.09. The van der Waals surface area contributed by atoms with E-state index in [1.807, 2.05) is 49.4 Å². The lowest BCUT2D eigenvalue weighted by Gasteiger charge is -2.31. The molecule has 1 heterocycles. The third-order valence-electron chi connectivity index (χ3n) is 4.61. The third kappa shape index (κ3) is 3.99. The van der Waals surface area contributed by atoms with Gasteiger partial charge in [-0.3, -0.25) is 4.79 Å². The van der Waals surface area contributed by atoms with E-state index in [4.69, 9.17) is 14.2 Å². The molecule has 0 saturated heterocycles. The number of amides is 1. The van der Waals surface area contributed by atoms with Gasteiger partial charge in [-0.15, -0.1) is 0 Å². The maximum absolute atomic E-state index is 12.7. The van der Waals surface area contributed by atoms with Crippen LogP contribution in [0.1, 0.15) is 25.3 Å². The maximum Gasteiger partial charge on any atom is 0.269 e. The minimum Gasteiger partial charge on any atom is -0.482 e. The zero-order valence-corrected chi connectivity index (χ0v) is 14.8. The summed E-state index contributed by atoms with van der Waals surface area (Å²) in [6, 6.07) is 15.1. The molecule has 0 unspecified atom stereocenters. The van der Waals surface area contributed by atoms with E-state index in [-0.39, 0.29) is 12.0 Å². The van der Waals surface area contributed by atoms with Crippen molar-refractivity contribution in [2.75, 3.05) is 11.9 Å². The Hall–Kier alpha value is -2.53. The molecule has 26 heavy (non-hydrogen) atoms. The molecule has 0 radical (unpaired) electrons. The van der Waals surface area contributed by atoms with Gasteiger partial charge in [0.25, 0.3) is 5.91 Å². The molecule has 1 saturated carbocycles. The van der Waals surface area contributed by atoms with Crippen molar-refractivity contribution < 1.29 is 19.0 Å². The molecule has 1 N–H and O–H groups in total. The molecule has 0 spiro atoms. The van der Waals surface area contributed by atoms with Crippen LogP contribution in [0.5, 0.6) is 11.5 Å². The number of anilines is 1. The van der Waals surface area contributed by atoms with E-state index < -0.39 is 6.10 Å². The summed E-state index contributed by atoms with van der Waals surface area (Å²) < 4.78 is 17.4. The van der Waals surface area contributed by atoms with Crippen molar-refractivity contribution in [3.05, 3.63) is 54.1 Å². The fraction of sp³-hybridized carbons (Fsp3) is 0.381. The minimum atomic E-state index is -0.695. The van der Waals surface area contributed by atoms with Crippen molar-refractivity contribution in [1.29, 1.82) is 0 Å². The Morgan fingerprint density at radius 1 is 1.12 bits per heavy atom. The number of carbonyl (C=O) groups excluding carboxylic acids is 1. The topological polar surface area (TPSA) is 56.8 Å². The molecule has 2 aromatic carbocycles. The zero-order chi connectivity index (χ0) is 17.9. The Balaban J connectivity index is 1.38. The van der Waals surface area contributed by atoms with Gasteiger partial charge >= 0.3 is 0 Å². The quantitative estimate of drug-likeness (QED) is 0.859. The van der Waals surface area contributed by atoms with Gasteiger partial charge in [-0.1, -0.05) is 24.3 Å². The standard InChI is InChI=1S/C21H23NO4/c1-14-20(26-19-8-3-2-7-18(19)25-14)21(23)22-17-6-4-5-16(11-17)13-24-12-15-9-10-15/h2-8,11,14-15,20H,9-10,12-13H2,1H3,(H,22,23)/t14-,20-/m0/s1. The summed E-state index contributed by atoms with van der Waals surface area (Å²) in [5.41, 5.74) is 1.78. The monoisotopic (exact) mass is 353 g/mol. The van der Waals surface area contributed by atoms with Gasteiger partial charge in [0.2, 0.25) is 6.10 Å². The molecule has 1 fully saturated rings. The summed E-state index contributed by atoms with van der Waals surface area (Å²) >= 11 is 0. The van der Waals surface area contributed by atoms with E-state index in [1.54, 1.807) is 6.07 Å². The number of ether oxygens (including phenoxy) is 3. The second-order valence-corrected chi connectivity index (χ2v) is 6.96. The number of hydrogen-bond acceptors (Lipinski definition) is 4. The number of rotatable bonds is 6. The van der Waals surface area contributed by atoms with Crippen LogP contribution in [0.2, 0.25) is 0 Å². The summed E-state index contributed by atoms with van der Waals surface area (Å²) in [7, 11) is 0. The van der Waals surface area contributed by atoms with E-state index in [2.05, 4.69) is 5.32 Å². The molecule has 136 valence electrons. The van der Waals surface area contributed by atoms with Crippen molar-refractivity contribution in [2.24, 2.45) is 5.92 Å². The van der Waals surface area contributed by atoms with Gasteiger partial charge in [0.1, 0.15) is 6.10 Å². The Morgan fingerprint density at radius 2 is 1.88 bits per heavy atom. The number of hydrogen-bond donors (Lipinski definition) is 1. The first-order valence-electron chi connectivity index (χ1n) is 9.09. The highest BCUT2D eigenvalue weighted by molar-refractivity contribution is 5.95. The van der Waals surface area contributed by atoms with Crippen LogP contribution in [0.25, 0.3) is 0 Å². The molecule has 0 aromatic heterocycles. The van der Waals surface area contributed by atoms with E-state index in [9.17, 15) is 4.79 Å². The molecule has 1 aliphatic carbocycles. The highest BCUT2D eigenvalue weighted by Crippen LogP contribution is 2.33. The molecule has 2 aromatic rings. The van der Waals surface area contributed by atoms with Gasteiger partial charge in [0.15, 0.2) is 11.5 Å². The number of benzene rings is 2. The minimum absolute atomic E-state index is 0.219. The van der Waals surface area contributed by atoms with E-state index in [0.29, 0.717) is 18.1 Å². The normalized spacial score (nSPS) is 21.3. The van der Waals surface area contributed by atoms with E-state index >= 15 is 0 Å². The fourth-order valence-corrected chi connectivity index (χ4v) is 2.99. The van der Waals surface area contributed by atoms with Gasteiger partial charge in [-0.25, -0.2) is 0 Å². The largest absolute Gasteiger partial charge is 0.482 e. The molecule has 0 bridgehead atoms. The van der Waals surface area contributed by atoms with E-state index in [1.165, 1.54) is 12.8 Å². The van der Waals surface area contributed by atoms with Gasteiger partial charge in [-0.05, 0) is 55.5 Å². The van der Waals surface area contributed by atoms with Crippen molar-refractivity contribution in [3.63, 3.8) is 0 Å². The summed E-state index contributed by atoms with van der Waals surface area (Å²) in [6.07, 6.45) is 1.50. The highest BCUT2D eigenvalue weighted by atomic mass is 16.6. The molecule has 1 amide bonds. The van der Waals surface area contributed by atoms with Crippen LogP contribution in [0.3, 0.4) is 0 Å². The van der Waals surface area contributed by atoms with Crippen LogP contribution in [0.15, 0.2) is 48.5 Å². The van der Waals surface area contributed by atoms with Crippen LogP contribution in [-0.2, 0) is 16.1 Å². The van der Waals surface area contributed by atoms with E-state index in [0.717, 1.165) is 23.8 Å². The van der Waals surface area contributed by atoms with Crippen LogP contribution in [-0.4, -0.2) is 24.7 Å². The molecule has 2 aliphatic rings. The van der Waals surface area contributed by atoms with Crippen LogP contribution >= 0.6 is 0 Å². The van der Waals surface area contributed by atoms with Gasteiger partial charge in [0, 0.05) is 12.3 Å².